The van der Waals surface area contributed by atoms with Crippen molar-refractivity contribution in [2.75, 3.05) is 5.32 Å². The molecule has 1 aliphatic carbocycles. The van der Waals surface area contributed by atoms with Crippen LogP contribution in [0.1, 0.15) is 44.9 Å². The number of nitrogens with one attached hydrogen (secondary N) is 4. The van der Waals surface area contributed by atoms with Gasteiger partial charge in [0.25, 0.3) is 11.8 Å². The zero-order valence-corrected chi connectivity index (χ0v) is 17.2. The number of carbonyl (C=O) groups excluding carboxylic acids is 2. The summed E-state index contributed by atoms with van der Waals surface area (Å²) in [6.07, 6.45) is 3.74. The Bertz CT molecular complexity index is 1300. The molecule has 0 radical (unpaired) electrons. The van der Waals surface area contributed by atoms with Crippen molar-refractivity contribution in [1.82, 2.24) is 25.5 Å². The highest BCUT2D eigenvalue weighted by molar-refractivity contribution is 6.04. The molecular weight excluding hydrogens is 392 g/mol. The van der Waals surface area contributed by atoms with Crippen LogP contribution in [0.3, 0.4) is 0 Å². The topological polar surface area (TPSA) is 116 Å². The van der Waals surface area contributed by atoms with Crippen LogP contribution in [-0.2, 0) is 0 Å². The number of hydrogen-bond donors (Lipinski definition) is 4. The van der Waals surface area contributed by atoms with Gasteiger partial charge in [0.2, 0.25) is 0 Å². The zero-order valence-electron chi connectivity index (χ0n) is 17.2. The number of amides is 2. The van der Waals surface area contributed by atoms with Gasteiger partial charge in [-0.3, -0.25) is 14.7 Å². The Morgan fingerprint density at radius 3 is 2.52 bits per heavy atom. The van der Waals surface area contributed by atoms with Crippen molar-refractivity contribution in [3.8, 4) is 11.3 Å². The minimum Gasteiger partial charge on any atom is -0.349 e. The molecule has 8 nitrogen and oxygen atoms in total. The number of anilines is 1. The smallest absolute Gasteiger partial charge is 0.276 e. The van der Waals surface area contributed by atoms with E-state index in [1.54, 1.807) is 6.20 Å². The van der Waals surface area contributed by atoms with Gasteiger partial charge in [-0.05, 0) is 56.5 Å². The van der Waals surface area contributed by atoms with E-state index >= 15 is 0 Å². The molecule has 4 aromatic rings. The minimum absolute atomic E-state index is 0.0323. The molecule has 8 heteroatoms. The lowest BCUT2D eigenvalue weighted by atomic mass is 10.1. The summed E-state index contributed by atoms with van der Waals surface area (Å²) in [5.41, 5.74) is 5.87. The van der Waals surface area contributed by atoms with Crippen molar-refractivity contribution in [2.45, 2.75) is 32.7 Å². The molecule has 1 aliphatic rings. The number of aryl methyl sites for hydroxylation is 1. The Hall–Kier alpha value is -3.94. The molecule has 2 amide bonds. The summed E-state index contributed by atoms with van der Waals surface area (Å²) >= 11 is 0. The van der Waals surface area contributed by atoms with Crippen LogP contribution in [0.25, 0.3) is 22.3 Å². The van der Waals surface area contributed by atoms with Gasteiger partial charge in [0.05, 0.1) is 11.9 Å². The molecule has 5 rings (SSSR count). The van der Waals surface area contributed by atoms with Crippen molar-refractivity contribution in [3.63, 3.8) is 0 Å². The van der Waals surface area contributed by atoms with Gasteiger partial charge in [0.1, 0.15) is 5.65 Å². The highest BCUT2D eigenvalue weighted by atomic mass is 16.2. The molecule has 0 unspecified atom stereocenters. The number of carbonyl (C=O) groups is 2. The number of nitrogens with zero attached hydrogens (tertiary/aromatic N) is 2. The van der Waals surface area contributed by atoms with Gasteiger partial charge in [-0.15, -0.1) is 0 Å². The highest BCUT2D eigenvalue weighted by Crippen LogP contribution is 2.26. The molecule has 1 saturated carbocycles. The van der Waals surface area contributed by atoms with Crippen molar-refractivity contribution >= 4 is 28.5 Å². The van der Waals surface area contributed by atoms with E-state index in [4.69, 9.17) is 0 Å². The van der Waals surface area contributed by atoms with E-state index in [-0.39, 0.29) is 11.8 Å². The van der Waals surface area contributed by atoms with E-state index in [1.807, 2.05) is 50.2 Å². The maximum Gasteiger partial charge on any atom is 0.276 e. The lowest BCUT2D eigenvalue weighted by Gasteiger charge is -2.04. The molecule has 0 spiro atoms. The van der Waals surface area contributed by atoms with Gasteiger partial charge in [0.15, 0.2) is 5.69 Å². The number of H-pyrrole nitrogens is 2. The molecule has 3 heterocycles. The van der Waals surface area contributed by atoms with Crippen LogP contribution in [0.15, 0.2) is 42.6 Å². The van der Waals surface area contributed by atoms with Crippen molar-refractivity contribution < 1.29 is 9.59 Å². The summed E-state index contributed by atoms with van der Waals surface area (Å²) in [5, 5.41) is 13.6. The summed E-state index contributed by atoms with van der Waals surface area (Å²) in [5.74, 6) is -0.311. The van der Waals surface area contributed by atoms with Crippen molar-refractivity contribution in [3.05, 3.63) is 65.1 Å². The Labute approximate surface area is 178 Å². The average Bonchev–Trinajstić information content (AvgIpc) is 3.38. The third-order valence-corrected chi connectivity index (χ3v) is 5.57. The second-order valence-corrected chi connectivity index (χ2v) is 7.95. The summed E-state index contributed by atoms with van der Waals surface area (Å²) in [7, 11) is 0. The van der Waals surface area contributed by atoms with Crippen molar-refractivity contribution in [1.29, 1.82) is 0 Å². The summed E-state index contributed by atoms with van der Waals surface area (Å²) in [6, 6.07) is 11.7. The molecule has 4 N–H and O–H groups in total. The Balaban J connectivity index is 1.35. The van der Waals surface area contributed by atoms with Gasteiger partial charge in [-0.2, -0.15) is 5.10 Å². The number of pyridine rings is 1. The number of fused-ring (bicyclic) bond motifs is 1. The summed E-state index contributed by atoms with van der Waals surface area (Å²) in [6.45, 7) is 3.73. The number of aromatic amines is 2. The molecule has 1 aromatic carbocycles. The summed E-state index contributed by atoms with van der Waals surface area (Å²) in [4.78, 5) is 32.4. The number of benzene rings is 1. The minimum atomic E-state index is -0.279. The first-order valence-electron chi connectivity index (χ1n) is 10.2. The molecule has 156 valence electrons. The zero-order chi connectivity index (χ0) is 21.5. The fourth-order valence-corrected chi connectivity index (χ4v) is 3.43. The van der Waals surface area contributed by atoms with E-state index in [0.717, 1.165) is 46.4 Å². The molecule has 31 heavy (non-hydrogen) atoms. The lowest BCUT2D eigenvalue weighted by Crippen LogP contribution is -2.25. The van der Waals surface area contributed by atoms with Crippen LogP contribution >= 0.6 is 0 Å². The fraction of sp³-hybridized carbons (Fsp3) is 0.217. The second-order valence-electron chi connectivity index (χ2n) is 7.95. The largest absolute Gasteiger partial charge is 0.349 e. The van der Waals surface area contributed by atoms with E-state index in [0.29, 0.717) is 23.0 Å². The third-order valence-electron chi connectivity index (χ3n) is 5.57. The van der Waals surface area contributed by atoms with Crippen LogP contribution in [0.4, 0.5) is 5.69 Å². The van der Waals surface area contributed by atoms with Crippen molar-refractivity contribution in [2.24, 2.45) is 0 Å². The highest BCUT2D eigenvalue weighted by Gasteiger charge is 2.23. The first-order chi connectivity index (χ1) is 15.0. The molecule has 0 atom stereocenters. The Morgan fingerprint density at radius 1 is 1.06 bits per heavy atom. The molecule has 0 aliphatic heterocycles. The average molecular weight is 414 g/mol. The molecule has 3 aromatic heterocycles. The Kier molecular flexibility index (Phi) is 4.54. The van der Waals surface area contributed by atoms with Gasteiger partial charge in [-0.25, -0.2) is 4.98 Å². The van der Waals surface area contributed by atoms with Crippen LogP contribution in [0.2, 0.25) is 0 Å². The quantitative estimate of drug-likeness (QED) is 0.398. The Morgan fingerprint density at radius 2 is 1.84 bits per heavy atom. The van der Waals surface area contributed by atoms with Crippen LogP contribution < -0.4 is 10.6 Å². The van der Waals surface area contributed by atoms with E-state index < -0.39 is 0 Å². The fourth-order valence-electron chi connectivity index (χ4n) is 3.43. The van der Waals surface area contributed by atoms with E-state index in [2.05, 4.69) is 30.8 Å². The standard InChI is InChI=1S/C23H22N6O2/c1-12-13(2)28-29-20(12)23(31)26-18-9-16-10-19(27-21(16)24-11-18)14-3-5-15(6-4-14)22(30)25-17-7-8-17/h3-6,9-11,17H,7-8H2,1-2H3,(H,24,27)(H,25,30)(H,26,31)(H,28,29). The van der Waals surface area contributed by atoms with Gasteiger partial charge in [-0.1, -0.05) is 12.1 Å². The van der Waals surface area contributed by atoms with Gasteiger partial charge < -0.3 is 15.6 Å². The van der Waals surface area contributed by atoms with Crippen LogP contribution in [0.5, 0.6) is 0 Å². The maximum atomic E-state index is 12.5. The lowest BCUT2D eigenvalue weighted by molar-refractivity contribution is 0.0950. The van der Waals surface area contributed by atoms with E-state index in [1.165, 1.54) is 0 Å². The SMILES string of the molecule is Cc1[nH]nc(C(=O)Nc2cnc3[nH]c(-c4ccc(C(=O)NC5CC5)cc4)cc3c2)c1C. The monoisotopic (exact) mass is 414 g/mol. The number of rotatable bonds is 5. The van der Waals surface area contributed by atoms with Crippen LogP contribution in [0, 0.1) is 13.8 Å². The molecule has 0 saturated heterocycles. The molecular formula is C23H22N6O2. The summed E-state index contributed by atoms with van der Waals surface area (Å²) < 4.78 is 0. The predicted molar refractivity (Wildman–Crippen MR) is 118 cm³/mol. The molecule has 1 fully saturated rings. The number of aromatic nitrogens is 4. The van der Waals surface area contributed by atoms with Crippen LogP contribution in [-0.4, -0.2) is 38.0 Å². The third kappa shape index (κ3) is 3.79. The van der Waals surface area contributed by atoms with E-state index in [9.17, 15) is 9.59 Å². The predicted octanol–water partition coefficient (Wildman–Crippen LogP) is 3.71. The normalized spacial score (nSPS) is 13.4. The molecule has 0 bridgehead atoms. The number of hydrogen-bond acceptors (Lipinski definition) is 4. The first kappa shape index (κ1) is 19.0. The van der Waals surface area contributed by atoms with Gasteiger partial charge >= 0.3 is 0 Å². The first-order valence-corrected chi connectivity index (χ1v) is 10.2. The second kappa shape index (κ2) is 7.39. The maximum absolute atomic E-state index is 12.5. The van der Waals surface area contributed by atoms with Gasteiger partial charge in [0, 0.05) is 33.9 Å².